The minimum absolute atomic E-state index is 1.13. The van der Waals surface area contributed by atoms with Crippen LogP contribution in [-0.2, 0) is 0 Å². The molecular weight excluding hydrogens is 849 g/mol. The molecule has 0 spiro atoms. The lowest BCUT2D eigenvalue weighted by Crippen LogP contribution is -2.74. The smallest absolute Gasteiger partial charge is 0.179 e. The van der Waals surface area contributed by atoms with E-state index < -0.39 is 8.07 Å². The first-order chi connectivity index (χ1) is 34.3. The van der Waals surface area contributed by atoms with Crippen molar-refractivity contribution in [1.82, 2.24) is 9.13 Å². The summed E-state index contributed by atoms with van der Waals surface area (Å²) in [4.78, 5) is 0. The maximum atomic E-state index is 2.56. The van der Waals surface area contributed by atoms with Crippen molar-refractivity contribution in [2.45, 2.75) is 0 Å². The van der Waals surface area contributed by atoms with E-state index in [2.05, 4.69) is 288 Å². The summed E-state index contributed by atoms with van der Waals surface area (Å²) >= 11 is 0. The van der Waals surface area contributed by atoms with E-state index in [4.69, 9.17) is 0 Å². The Morgan fingerprint density at radius 2 is 0.638 bits per heavy atom. The summed E-state index contributed by atoms with van der Waals surface area (Å²) in [7, 11) is -2.97. The number of rotatable bonds is 9. The third-order valence-corrected chi connectivity index (χ3v) is 19.0. The first-order valence-corrected chi connectivity index (χ1v) is 25.8. The number of fused-ring (bicyclic) bond motifs is 6. The van der Waals surface area contributed by atoms with Crippen molar-refractivity contribution in [3.63, 3.8) is 0 Å². The molecule has 0 aliphatic rings. The third kappa shape index (κ3) is 6.54. The summed E-state index contributed by atoms with van der Waals surface area (Å²) < 4.78 is 5.04. The first kappa shape index (κ1) is 40.5. The monoisotopic (exact) mass is 894 g/mol. The molecule has 0 N–H and O–H groups in total. The Bertz CT molecular complexity index is 3820. The summed E-state index contributed by atoms with van der Waals surface area (Å²) in [6.07, 6.45) is 0. The van der Waals surface area contributed by atoms with Crippen LogP contribution in [0, 0.1) is 0 Å². The summed E-state index contributed by atoms with van der Waals surface area (Å²) in [6, 6.07) is 104. The fourth-order valence-electron chi connectivity index (χ4n) is 11.3. The van der Waals surface area contributed by atoms with Crippen LogP contribution in [0.15, 0.2) is 279 Å². The summed E-state index contributed by atoms with van der Waals surface area (Å²) in [5, 5.41) is 10.3. The molecular formula is C66H46N2Si. The van der Waals surface area contributed by atoms with Crippen LogP contribution in [0.5, 0.6) is 0 Å². The average molecular weight is 895 g/mol. The maximum absolute atomic E-state index is 2.97. The molecule has 0 aliphatic heterocycles. The van der Waals surface area contributed by atoms with Crippen molar-refractivity contribution in [2.24, 2.45) is 0 Å². The molecule has 0 unspecified atom stereocenters. The van der Waals surface area contributed by atoms with E-state index in [0.717, 1.165) is 22.4 Å². The molecule has 324 valence electrons. The predicted molar refractivity (Wildman–Crippen MR) is 295 cm³/mol. The van der Waals surface area contributed by atoms with Crippen LogP contribution in [0.1, 0.15) is 0 Å². The Balaban J connectivity index is 1.15. The van der Waals surface area contributed by atoms with Gasteiger partial charge in [-0.1, -0.05) is 249 Å². The molecule has 0 fully saturated rings. The average Bonchev–Trinajstić information content (AvgIpc) is 3.95. The zero-order chi connectivity index (χ0) is 45.7. The molecule has 0 atom stereocenters. The van der Waals surface area contributed by atoms with Crippen molar-refractivity contribution >= 4 is 72.4 Å². The Morgan fingerprint density at radius 3 is 1.14 bits per heavy atom. The largest absolute Gasteiger partial charge is 0.309 e. The van der Waals surface area contributed by atoms with Gasteiger partial charge in [-0.15, -0.1) is 0 Å². The van der Waals surface area contributed by atoms with Gasteiger partial charge in [0.1, 0.15) is 0 Å². The molecule has 3 heteroatoms. The van der Waals surface area contributed by atoms with E-state index in [0.29, 0.717) is 0 Å². The second-order valence-corrected chi connectivity index (χ2v) is 21.8. The number of nitrogens with zero attached hydrogens (tertiary/aromatic N) is 2. The first-order valence-electron chi connectivity index (χ1n) is 23.8. The van der Waals surface area contributed by atoms with Crippen LogP contribution in [0.25, 0.3) is 88.4 Å². The van der Waals surface area contributed by atoms with Crippen molar-refractivity contribution in [3.8, 4) is 44.8 Å². The molecule has 0 aliphatic carbocycles. The van der Waals surface area contributed by atoms with Crippen LogP contribution in [0.3, 0.4) is 0 Å². The van der Waals surface area contributed by atoms with Crippen LogP contribution in [0.2, 0.25) is 0 Å². The highest BCUT2D eigenvalue weighted by atomic mass is 28.3. The Morgan fingerprint density at radius 1 is 0.246 bits per heavy atom. The van der Waals surface area contributed by atoms with Crippen molar-refractivity contribution in [1.29, 1.82) is 0 Å². The van der Waals surface area contributed by atoms with Crippen LogP contribution < -0.4 is 20.7 Å². The van der Waals surface area contributed by atoms with Gasteiger partial charge in [-0.05, 0) is 67.8 Å². The molecule has 2 aromatic heterocycles. The van der Waals surface area contributed by atoms with Gasteiger partial charge in [0.25, 0.3) is 0 Å². The third-order valence-electron chi connectivity index (χ3n) is 14.3. The summed E-state index contributed by atoms with van der Waals surface area (Å²) in [5.74, 6) is 0. The molecule has 0 radical (unpaired) electrons. The van der Waals surface area contributed by atoms with Gasteiger partial charge in [-0.25, -0.2) is 0 Å². The van der Waals surface area contributed by atoms with Crippen LogP contribution in [0.4, 0.5) is 0 Å². The minimum Gasteiger partial charge on any atom is -0.309 e. The highest BCUT2D eigenvalue weighted by Gasteiger charge is 2.42. The fourth-order valence-corrected chi connectivity index (χ4v) is 16.1. The van der Waals surface area contributed by atoms with Gasteiger partial charge < -0.3 is 9.13 Å². The number of hydrogen-bond acceptors (Lipinski definition) is 0. The lowest BCUT2D eigenvalue weighted by atomic mass is 9.95. The number of hydrogen-bond donors (Lipinski definition) is 0. The lowest BCUT2D eigenvalue weighted by Gasteiger charge is -2.36. The second-order valence-electron chi connectivity index (χ2n) is 18.0. The molecule has 2 nitrogen and oxygen atoms in total. The SMILES string of the molecule is c1ccc(-c2cc([Si](c3ccccc3)(c3ccccc3)c3ccccc3)cc(-c3ccccc3)c2-n2c3ccccc3c3cc(-n4c5ccccc5c5cccc(-c6ccccc6)c54)ccc32)cc1. The topological polar surface area (TPSA) is 9.86 Å². The van der Waals surface area contributed by atoms with E-state index in [1.54, 1.807) is 0 Å². The molecule has 0 saturated heterocycles. The number of benzene rings is 11. The van der Waals surface area contributed by atoms with Crippen LogP contribution in [-0.4, -0.2) is 17.2 Å². The Kier molecular flexibility index (Phi) is 9.88. The van der Waals surface area contributed by atoms with Gasteiger partial charge in [-0.2, -0.15) is 0 Å². The van der Waals surface area contributed by atoms with Gasteiger partial charge in [0.05, 0.1) is 27.8 Å². The molecule has 69 heavy (non-hydrogen) atoms. The molecule has 11 aromatic carbocycles. The zero-order valence-corrected chi connectivity index (χ0v) is 39.0. The van der Waals surface area contributed by atoms with Gasteiger partial charge in [0.2, 0.25) is 0 Å². The predicted octanol–water partition coefficient (Wildman–Crippen LogP) is 14.3. The molecule has 0 saturated carbocycles. The fraction of sp³-hybridized carbons (Fsp3) is 0. The zero-order valence-electron chi connectivity index (χ0n) is 38.0. The summed E-state index contributed by atoms with van der Waals surface area (Å²) in [5.41, 5.74) is 14.2. The quantitative estimate of drug-likeness (QED) is 0.101. The Hall–Kier alpha value is -8.76. The van der Waals surface area contributed by atoms with E-state index in [1.165, 1.54) is 86.7 Å². The van der Waals surface area contributed by atoms with Crippen molar-refractivity contribution in [3.05, 3.63) is 279 Å². The standard InChI is InChI=1S/C66H46N2Si/c1-7-24-47(25-8-1)55-38-23-39-58-56-36-19-21-40-62(56)67(65(55)58)50-42-43-64-61(44-50)57-37-20-22-41-63(57)68(64)66-59(48-26-9-2-10-27-48)45-54(46-60(66)49-28-11-3-12-29-49)69(51-30-13-4-14-31-51,52-32-15-5-16-33-52)53-34-17-6-18-35-53/h1-46H. The molecule has 0 bridgehead atoms. The van der Waals surface area contributed by atoms with E-state index in [-0.39, 0.29) is 0 Å². The molecule has 13 aromatic rings. The van der Waals surface area contributed by atoms with Crippen LogP contribution >= 0.6 is 0 Å². The minimum atomic E-state index is -2.97. The number of para-hydroxylation sites is 3. The van der Waals surface area contributed by atoms with Gasteiger partial charge in [-0.3, -0.25) is 0 Å². The Labute approximate surface area is 403 Å². The normalized spacial score (nSPS) is 11.8. The molecule has 2 heterocycles. The van der Waals surface area contributed by atoms with E-state index in [9.17, 15) is 0 Å². The summed E-state index contributed by atoms with van der Waals surface area (Å²) in [6.45, 7) is 0. The maximum Gasteiger partial charge on any atom is 0.179 e. The lowest BCUT2D eigenvalue weighted by molar-refractivity contribution is 1.17. The van der Waals surface area contributed by atoms with Crippen molar-refractivity contribution < 1.29 is 0 Å². The highest BCUT2D eigenvalue weighted by Crippen LogP contribution is 2.44. The molecule has 13 rings (SSSR count). The van der Waals surface area contributed by atoms with E-state index >= 15 is 0 Å². The number of aromatic nitrogens is 2. The highest BCUT2D eigenvalue weighted by molar-refractivity contribution is 7.20. The molecule has 0 amide bonds. The van der Waals surface area contributed by atoms with Crippen molar-refractivity contribution in [2.75, 3.05) is 0 Å². The second kappa shape index (κ2) is 16.8. The van der Waals surface area contributed by atoms with E-state index in [1.807, 2.05) is 0 Å². The van der Waals surface area contributed by atoms with Gasteiger partial charge in [0, 0.05) is 43.9 Å². The van der Waals surface area contributed by atoms with Gasteiger partial charge in [0.15, 0.2) is 8.07 Å². The van der Waals surface area contributed by atoms with Gasteiger partial charge >= 0.3 is 0 Å².